The molecular formula is C30H47N7O3. The summed E-state index contributed by atoms with van der Waals surface area (Å²) >= 11 is 0. The predicted octanol–water partition coefficient (Wildman–Crippen LogP) is 4.50. The second-order valence-electron chi connectivity index (χ2n) is 10.3. The summed E-state index contributed by atoms with van der Waals surface area (Å²) in [6, 6.07) is 3.79. The standard InChI is InChI=1S/C27H39N7O3.C3H8/c1-18(2)34(31-29)25(28)19(3)9-8-10-20(4)30-26(35)23-15-22-17-33(27(36)32-12-6-7-13-32)14-11-21(22)16-24(23)37-5;1-3-2/h8-10,15-16,18,28,31H,4,6-7,11-14,17,29H2,1-3,5H3,(H,30,35);3H2,1-2H3/b10-8-,19-9+,28-25?;. The van der Waals surface area contributed by atoms with Crippen LogP contribution in [0.25, 0.3) is 0 Å². The van der Waals surface area contributed by atoms with Gasteiger partial charge in [0.15, 0.2) is 0 Å². The van der Waals surface area contributed by atoms with Gasteiger partial charge >= 0.3 is 6.03 Å². The van der Waals surface area contributed by atoms with Gasteiger partial charge in [0.2, 0.25) is 0 Å². The Morgan fingerprint density at radius 2 is 1.82 bits per heavy atom. The zero-order valence-corrected chi connectivity index (χ0v) is 25.0. The molecule has 1 fully saturated rings. The average molecular weight is 554 g/mol. The number of nitrogens with zero attached hydrogens (tertiary/aromatic N) is 3. The van der Waals surface area contributed by atoms with E-state index in [4.69, 9.17) is 16.0 Å². The van der Waals surface area contributed by atoms with Gasteiger partial charge in [0, 0.05) is 37.9 Å². The number of amides is 3. The van der Waals surface area contributed by atoms with Gasteiger partial charge in [-0.15, -0.1) is 0 Å². The zero-order valence-electron chi connectivity index (χ0n) is 25.0. The molecule has 2 aliphatic heterocycles. The number of rotatable bonds is 8. The van der Waals surface area contributed by atoms with Crippen molar-refractivity contribution in [2.45, 2.75) is 72.9 Å². The number of nitrogens with one attached hydrogen (secondary N) is 3. The second-order valence-corrected chi connectivity index (χ2v) is 10.3. The van der Waals surface area contributed by atoms with E-state index < -0.39 is 0 Å². The van der Waals surface area contributed by atoms with Crippen LogP contribution in [0.1, 0.15) is 75.4 Å². The maximum absolute atomic E-state index is 13.1. The van der Waals surface area contributed by atoms with Crippen LogP contribution in [0.3, 0.4) is 0 Å². The topological polar surface area (TPSA) is 127 Å². The van der Waals surface area contributed by atoms with Gasteiger partial charge < -0.3 is 19.9 Å². The van der Waals surface area contributed by atoms with Gasteiger partial charge in [0.25, 0.3) is 5.91 Å². The van der Waals surface area contributed by atoms with E-state index in [-0.39, 0.29) is 23.8 Å². The number of allylic oxidation sites excluding steroid dienone is 3. The summed E-state index contributed by atoms with van der Waals surface area (Å²) in [4.78, 5) is 29.7. The molecule has 220 valence electrons. The number of likely N-dealkylation sites (tertiary alicyclic amines) is 1. The van der Waals surface area contributed by atoms with Crippen molar-refractivity contribution in [1.29, 1.82) is 5.41 Å². The highest BCUT2D eigenvalue weighted by Gasteiger charge is 2.28. The molecule has 0 bridgehead atoms. The summed E-state index contributed by atoms with van der Waals surface area (Å²) in [6.45, 7) is 16.6. The molecule has 0 aliphatic carbocycles. The first-order valence-electron chi connectivity index (χ1n) is 14.0. The Morgan fingerprint density at radius 1 is 1.18 bits per heavy atom. The van der Waals surface area contributed by atoms with Crippen molar-refractivity contribution in [3.63, 3.8) is 0 Å². The molecule has 2 aliphatic rings. The number of hydrazine groups is 2. The number of hydrogen-bond acceptors (Lipinski definition) is 6. The van der Waals surface area contributed by atoms with Crippen LogP contribution in [0.4, 0.5) is 4.79 Å². The number of ether oxygens (including phenoxy) is 1. The summed E-state index contributed by atoms with van der Waals surface area (Å²) in [7, 11) is 1.54. The monoisotopic (exact) mass is 553 g/mol. The number of carbonyl (C=O) groups is 2. The minimum Gasteiger partial charge on any atom is -0.496 e. The summed E-state index contributed by atoms with van der Waals surface area (Å²) in [5.74, 6) is 5.90. The van der Waals surface area contributed by atoms with E-state index >= 15 is 0 Å². The third-order valence-electron chi connectivity index (χ3n) is 6.61. The molecule has 0 radical (unpaired) electrons. The molecule has 40 heavy (non-hydrogen) atoms. The van der Waals surface area contributed by atoms with Crippen LogP contribution in [0.15, 0.2) is 48.2 Å². The molecule has 10 heteroatoms. The van der Waals surface area contributed by atoms with Crippen molar-refractivity contribution in [2.24, 2.45) is 5.84 Å². The predicted molar refractivity (Wildman–Crippen MR) is 161 cm³/mol. The molecule has 2 heterocycles. The van der Waals surface area contributed by atoms with Crippen LogP contribution in [-0.4, -0.2) is 65.4 Å². The first-order valence-corrected chi connectivity index (χ1v) is 14.0. The maximum atomic E-state index is 13.1. The molecule has 0 atom stereocenters. The van der Waals surface area contributed by atoms with E-state index in [0.717, 1.165) is 43.5 Å². The number of amidine groups is 1. The minimum absolute atomic E-state index is 0.0103. The number of nitrogens with two attached hydrogens (primary N) is 1. The third-order valence-corrected chi connectivity index (χ3v) is 6.61. The van der Waals surface area contributed by atoms with Crippen molar-refractivity contribution in [3.8, 4) is 5.75 Å². The third kappa shape index (κ3) is 8.69. The van der Waals surface area contributed by atoms with Crippen molar-refractivity contribution in [3.05, 3.63) is 64.9 Å². The highest BCUT2D eigenvalue weighted by Crippen LogP contribution is 2.29. The fourth-order valence-corrected chi connectivity index (χ4v) is 4.51. The lowest BCUT2D eigenvalue weighted by Gasteiger charge is -2.32. The van der Waals surface area contributed by atoms with Crippen LogP contribution in [-0.2, 0) is 13.0 Å². The SMILES string of the molecule is C=C(/C=C\C=C(/C)C(=N)N(NN)C(C)C)NC(=O)c1cc2c(cc1OC)CCN(C(=O)N1CCCC1)C2.CCC. The minimum atomic E-state index is -0.343. The fourth-order valence-electron chi connectivity index (χ4n) is 4.51. The first kappa shape index (κ1) is 32.6. The molecule has 1 aromatic rings. The molecule has 0 aromatic heterocycles. The number of carbonyl (C=O) groups excluding carboxylic acids is 2. The van der Waals surface area contributed by atoms with Crippen LogP contribution in [0, 0.1) is 5.41 Å². The largest absolute Gasteiger partial charge is 0.496 e. The fraction of sp³-hybridized carbons (Fsp3) is 0.500. The highest BCUT2D eigenvalue weighted by molar-refractivity contribution is 5.98. The van der Waals surface area contributed by atoms with Crippen LogP contribution in [0.5, 0.6) is 5.75 Å². The van der Waals surface area contributed by atoms with E-state index in [1.165, 1.54) is 6.42 Å². The van der Waals surface area contributed by atoms with Gasteiger partial charge in [-0.2, -0.15) is 5.53 Å². The highest BCUT2D eigenvalue weighted by atomic mass is 16.5. The Bertz CT molecular complexity index is 1120. The van der Waals surface area contributed by atoms with Crippen molar-refractivity contribution in [2.75, 3.05) is 26.7 Å². The molecule has 0 unspecified atom stereocenters. The quantitative estimate of drug-likeness (QED) is 0.123. The molecule has 1 saturated heterocycles. The van der Waals surface area contributed by atoms with Crippen molar-refractivity contribution >= 4 is 17.8 Å². The molecule has 0 saturated carbocycles. The van der Waals surface area contributed by atoms with E-state index in [9.17, 15) is 9.59 Å². The number of hydrogen-bond donors (Lipinski definition) is 4. The van der Waals surface area contributed by atoms with Crippen LogP contribution >= 0.6 is 0 Å². The normalized spacial score (nSPS) is 14.9. The number of methoxy groups -OCH3 is 1. The molecule has 3 rings (SSSR count). The van der Waals surface area contributed by atoms with Gasteiger partial charge in [0.05, 0.1) is 12.7 Å². The molecule has 5 N–H and O–H groups in total. The van der Waals surface area contributed by atoms with Crippen molar-refractivity contribution < 1.29 is 14.3 Å². The smallest absolute Gasteiger partial charge is 0.320 e. The van der Waals surface area contributed by atoms with E-state index in [1.54, 1.807) is 37.3 Å². The maximum Gasteiger partial charge on any atom is 0.320 e. The van der Waals surface area contributed by atoms with E-state index in [0.29, 0.717) is 35.7 Å². The second kappa shape index (κ2) is 15.8. The van der Waals surface area contributed by atoms with Crippen molar-refractivity contribution in [1.82, 2.24) is 25.7 Å². The Balaban J connectivity index is 0.00000178. The first-order chi connectivity index (χ1) is 19.1. The molecule has 10 nitrogen and oxygen atoms in total. The van der Waals surface area contributed by atoms with E-state index in [1.807, 2.05) is 35.8 Å². The summed E-state index contributed by atoms with van der Waals surface area (Å²) in [5, 5.41) is 12.6. The molecular weight excluding hydrogens is 506 g/mol. The van der Waals surface area contributed by atoms with Gasteiger partial charge in [-0.25, -0.2) is 4.79 Å². The Morgan fingerprint density at radius 3 is 2.40 bits per heavy atom. The van der Waals surface area contributed by atoms with Crippen LogP contribution in [0.2, 0.25) is 0 Å². The molecule has 1 aromatic carbocycles. The Labute approximate surface area is 239 Å². The lowest BCUT2D eigenvalue weighted by atomic mass is 9.96. The van der Waals surface area contributed by atoms with E-state index in [2.05, 4.69) is 31.3 Å². The molecule has 0 spiro atoms. The summed E-state index contributed by atoms with van der Waals surface area (Å²) < 4.78 is 5.51. The van der Waals surface area contributed by atoms with Gasteiger partial charge in [-0.3, -0.25) is 21.1 Å². The van der Waals surface area contributed by atoms with Gasteiger partial charge in [-0.1, -0.05) is 39.0 Å². The number of fused-ring (bicyclic) bond motifs is 1. The average Bonchev–Trinajstić information content (AvgIpc) is 3.47. The molecule has 3 amide bonds. The van der Waals surface area contributed by atoms with Gasteiger partial charge in [-0.05, 0) is 74.9 Å². The van der Waals surface area contributed by atoms with Crippen LogP contribution < -0.4 is 21.4 Å². The lowest BCUT2D eigenvalue weighted by Crippen LogP contribution is -2.50. The number of urea groups is 1. The summed E-state index contributed by atoms with van der Waals surface area (Å²) in [5.41, 5.74) is 6.02. The number of benzene rings is 1. The summed E-state index contributed by atoms with van der Waals surface area (Å²) in [6.07, 6.45) is 9.19. The van der Waals surface area contributed by atoms with Gasteiger partial charge in [0.1, 0.15) is 11.6 Å². The lowest BCUT2D eigenvalue weighted by molar-refractivity contribution is 0.0964. The Hall–Kier alpha value is -3.63. The zero-order chi connectivity index (χ0) is 29.8. The Kier molecular flexibility index (Phi) is 12.9.